The Morgan fingerprint density at radius 1 is 1.17 bits per heavy atom. The van der Waals surface area contributed by atoms with Gasteiger partial charge in [-0.1, -0.05) is 30.3 Å². The van der Waals surface area contributed by atoms with Crippen LogP contribution in [0.3, 0.4) is 0 Å². The van der Waals surface area contributed by atoms with Gasteiger partial charge in [0, 0.05) is 26.3 Å². The molecule has 0 radical (unpaired) electrons. The topological polar surface area (TPSA) is 42.2 Å². The van der Waals surface area contributed by atoms with E-state index in [-0.39, 0.29) is 0 Å². The van der Waals surface area contributed by atoms with Crippen molar-refractivity contribution in [2.75, 3.05) is 11.9 Å². The fraction of sp³-hybridized carbons (Fsp3) is 0.267. The van der Waals surface area contributed by atoms with Gasteiger partial charge in [0.1, 0.15) is 5.82 Å². The normalized spacial score (nSPS) is 10.4. The maximum Gasteiger partial charge on any atom is 0.131 e. The Bertz CT molecular complexity index is 523. The molecule has 1 aromatic heterocycles. The lowest BCUT2D eigenvalue weighted by atomic mass is 10.1. The number of nitrogens with two attached hydrogens (primary N) is 1. The molecule has 94 valence electrons. The van der Waals surface area contributed by atoms with E-state index in [0.29, 0.717) is 6.54 Å². The molecule has 0 spiro atoms. The summed E-state index contributed by atoms with van der Waals surface area (Å²) in [6, 6.07) is 12.4. The lowest BCUT2D eigenvalue weighted by molar-refractivity contribution is 0.887. The van der Waals surface area contributed by atoms with Crippen LogP contribution in [0.15, 0.2) is 42.6 Å². The zero-order valence-corrected chi connectivity index (χ0v) is 10.9. The molecule has 0 bridgehead atoms. The molecule has 3 nitrogen and oxygen atoms in total. The lowest BCUT2D eigenvalue weighted by Gasteiger charge is -2.20. The van der Waals surface area contributed by atoms with E-state index in [1.54, 1.807) is 0 Å². The number of hydrogen-bond acceptors (Lipinski definition) is 3. The van der Waals surface area contributed by atoms with Crippen LogP contribution in [-0.4, -0.2) is 12.0 Å². The van der Waals surface area contributed by atoms with E-state index in [2.05, 4.69) is 54.2 Å². The zero-order valence-electron chi connectivity index (χ0n) is 10.9. The maximum atomic E-state index is 5.66. The Balaban J connectivity index is 2.16. The van der Waals surface area contributed by atoms with Gasteiger partial charge in [0.05, 0.1) is 0 Å². The van der Waals surface area contributed by atoms with Crippen LogP contribution in [0.25, 0.3) is 0 Å². The van der Waals surface area contributed by atoms with Crippen LogP contribution in [-0.2, 0) is 13.1 Å². The van der Waals surface area contributed by atoms with Crippen molar-refractivity contribution in [2.24, 2.45) is 5.73 Å². The van der Waals surface area contributed by atoms with E-state index in [0.717, 1.165) is 12.4 Å². The third-order valence-electron chi connectivity index (χ3n) is 2.99. The van der Waals surface area contributed by atoms with Gasteiger partial charge >= 0.3 is 0 Å². The lowest BCUT2D eigenvalue weighted by Crippen LogP contribution is -2.18. The third kappa shape index (κ3) is 2.87. The van der Waals surface area contributed by atoms with Crippen LogP contribution in [0.4, 0.5) is 5.82 Å². The van der Waals surface area contributed by atoms with E-state index < -0.39 is 0 Å². The summed E-state index contributed by atoms with van der Waals surface area (Å²) < 4.78 is 0. The minimum atomic E-state index is 0.584. The highest BCUT2D eigenvalue weighted by molar-refractivity contribution is 5.45. The smallest absolute Gasteiger partial charge is 0.131 e. The van der Waals surface area contributed by atoms with E-state index in [9.17, 15) is 0 Å². The average Bonchev–Trinajstić information content (AvgIpc) is 2.39. The zero-order chi connectivity index (χ0) is 13.0. The minimum Gasteiger partial charge on any atom is -0.355 e. The molecule has 3 heteroatoms. The van der Waals surface area contributed by atoms with Crippen molar-refractivity contribution in [3.05, 3.63) is 59.3 Å². The predicted molar refractivity (Wildman–Crippen MR) is 75.4 cm³/mol. The van der Waals surface area contributed by atoms with Crippen LogP contribution in [0.2, 0.25) is 0 Å². The van der Waals surface area contributed by atoms with Gasteiger partial charge in [-0.05, 0) is 29.7 Å². The van der Waals surface area contributed by atoms with Gasteiger partial charge in [0.25, 0.3) is 0 Å². The molecule has 0 unspecified atom stereocenters. The Morgan fingerprint density at radius 2 is 1.94 bits per heavy atom. The highest BCUT2D eigenvalue weighted by Gasteiger charge is 2.06. The first kappa shape index (κ1) is 12.6. The van der Waals surface area contributed by atoms with Crippen molar-refractivity contribution in [1.29, 1.82) is 0 Å². The van der Waals surface area contributed by atoms with Gasteiger partial charge in [-0.2, -0.15) is 0 Å². The van der Waals surface area contributed by atoms with Gasteiger partial charge in [-0.15, -0.1) is 0 Å². The summed E-state index contributed by atoms with van der Waals surface area (Å²) in [5.41, 5.74) is 9.27. The van der Waals surface area contributed by atoms with Crippen molar-refractivity contribution < 1.29 is 0 Å². The number of benzene rings is 1. The second-order valence-corrected chi connectivity index (χ2v) is 4.52. The number of rotatable bonds is 4. The van der Waals surface area contributed by atoms with Crippen molar-refractivity contribution >= 4 is 5.82 Å². The molecule has 0 fully saturated rings. The summed E-state index contributed by atoms with van der Waals surface area (Å²) in [4.78, 5) is 6.58. The molecule has 0 aliphatic heterocycles. The van der Waals surface area contributed by atoms with Crippen LogP contribution in [0.1, 0.15) is 16.7 Å². The Hall–Kier alpha value is -1.87. The Morgan fingerprint density at radius 3 is 2.67 bits per heavy atom. The van der Waals surface area contributed by atoms with Crippen molar-refractivity contribution in [3.63, 3.8) is 0 Å². The van der Waals surface area contributed by atoms with Crippen molar-refractivity contribution in [3.8, 4) is 0 Å². The molecule has 1 aromatic carbocycles. The number of pyridine rings is 1. The average molecular weight is 241 g/mol. The van der Waals surface area contributed by atoms with Crippen molar-refractivity contribution in [2.45, 2.75) is 20.0 Å². The van der Waals surface area contributed by atoms with Crippen LogP contribution in [0, 0.1) is 6.92 Å². The summed E-state index contributed by atoms with van der Waals surface area (Å²) in [5.74, 6) is 1.02. The van der Waals surface area contributed by atoms with Gasteiger partial charge in [0.2, 0.25) is 0 Å². The molecule has 0 aliphatic rings. The molecule has 1 heterocycles. The molecule has 0 aliphatic carbocycles. The van der Waals surface area contributed by atoms with Gasteiger partial charge in [-0.25, -0.2) is 4.98 Å². The first-order chi connectivity index (χ1) is 8.70. The molecular formula is C15H19N3. The van der Waals surface area contributed by atoms with Crippen LogP contribution < -0.4 is 10.6 Å². The molecule has 18 heavy (non-hydrogen) atoms. The summed E-state index contributed by atoms with van der Waals surface area (Å²) in [5, 5.41) is 0. The van der Waals surface area contributed by atoms with Gasteiger partial charge in [0.15, 0.2) is 0 Å². The van der Waals surface area contributed by atoms with Crippen molar-refractivity contribution in [1.82, 2.24) is 4.98 Å². The molecule has 2 N–H and O–H groups in total. The summed E-state index contributed by atoms with van der Waals surface area (Å²) in [6.45, 7) is 3.50. The number of nitrogens with zero attached hydrogens (tertiary/aromatic N) is 2. The number of anilines is 1. The van der Waals surface area contributed by atoms with E-state index in [1.807, 2.05) is 12.3 Å². The molecule has 0 saturated carbocycles. The first-order valence-electron chi connectivity index (χ1n) is 6.11. The number of aryl methyl sites for hydroxylation is 1. The number of aromatic nitrogens is 1. The summed E-state index contributed by atoms with van der Waals surface area (Å²) >= 11 is 0. The molecule has 0 atom stereocenters. The monoisotopic (exact) mass is 241 g/mol. The second-order valence-electron chi connectivity index (χ2n) is 4.52. The number of hydrogen-bond donors (Lipinski definition) is 1. The quantitative estimate of drug-likeness (QED) is 0.894. The van der Waals surface area contributed by atoms with Crippen LogP contribution in [0.5, 0.6) is 0 Å². The van der Waals surface area contributed by atoms with Crippen LogP contribution >= 0.6 is 0 Å². The Labute approximate surface area is 108 Å². The van der Waals surface area contributed by atoms with E-state index >= 15 is 0 Å². The molecule has 2 rings (SSSR count). The molecular weight excluding hydrogens is 222 g/mol. The first-order valence-corrected chi connectivity index (χ1v) is 6.11. The predicted octanol–water partition coefficient (Wildman–Crippen LogP) is 2.49. The highest BCUT2D eigenvalue weighted by Crippen LogP contribution is 2.17. The highest BCUT2D eigenvalue weighted by atomic mass is 15.2. The minimum absolute atomic E-state index is 0.584. The van der Waals surface area contributed by atoms with E-state index in [4.69, 9.17) is 5.73 Å². The maximum absolute atomic E-state index is 5.66. The second kappa shape index (κ2) is 5.65. The fourth-order valence-corrected chi connectivity index (χ4v) is 2.08. The molecule has 0 saturated heterocycles. The van der Waals surface area contributed by atoms with Gasteiger partial charge < -0.3 is 10.6 Å². The summed E-state index contributed by atoms with van der Waals surface area (Å²) in [6.07, 6.45) is 1.83. The van der Waals surface area contributed by atoms with E-state index in [1.165, 1.54) is 16.7 Å². The van der Waals surface area contributed by atoms with Gasteiger partial charge in [-0.3, -0.25) is 0 Å². The molecule has 2 aromatic rings. The third-order valence-corrected chi connectivity index (χ3v) is 2.99. The Kier molecular flexibility index (Phi) is 3.95. The molecule has 0 amide bonds. The fourth-order valence-electron chi connectivity index (χ4n) is 2.08. The largest absolute Gasteiger partial charge is 0.355 e. The summed E-state index contributed by atoms with van der Waals surface area (Å²) in [7, 11) is 2.06. The standard InChI is InChI=1S/C15H19N3/c1-12-5-4-8-17-15(12)18(2)11-14-7-3-6-13(9-14)10-16/h3-9H,10-11,16H2,1-2H3. The SMILES string of the molecule is Cc1cccnc1N(C)Cc1cccc(CN)c1.